The predicted octanol–water partition coefficient (Wildman–Crippen LogP) is 6.86. The van der Waals surface area contributed by atoms with Gasteiger partial charge in [0.05, 0.1) is 40.1 Å². The summed E-state index contributed by atoms with van der Waals surface area (Å²) in [6.45, 7) is 22.4. The molecule has 1 fully saturated rings. The van der Waals surface area contributed by atoms with E-state index in [0.717, 1.165) is 6.92 Å². The van der Waals surface area contributed by atoms with Crippen molar-refractivity contribution in [1.82, 2.24) is 15.0 Å². The molecule has 0 amide bonds. The third kappa shape index (κ3) is 4.64. The standard InChI is InChI=1S/C28H3F8N9/c1-8-18(29)14(19(30)11(7-39)43-8)9(5-37)12-13(10(6-38)15-20(31)25(35)44-27(41-3)22(15)33)16(12)24(40-2)17-21(32)26(36)45-28(42-4)23(17)34/h1H3. The summed E-state index contributed by atoms with van der Waals surface area (Å²) in [6.07, 6.45) is 0. The Morgan fingerprint density at radius 1 is 0.600 bits per heavy atom. The smallest absolute Gasteiger partial charge is 0.339 e. The van der Waals surface area contributed by atoms with Gasteiger partial charge in [-0.25, -0.2) is 31.8 Å². The lowest BCUT2D eigenvalue weighted by molar-refractivity contribution is 0.465. The molecule has 1 aliphatic rings. The van der Waals surface area contributed by atoms with Crippen LogP contribution in [0.15, 0.2) is 16.7 Å². The Hall–Kier alpha value is -6.95. The van der Waals surface area contributed by atoms with Crippen molar-refractivity contribution in [3.05, 3.63) is 126 Å². The average molecular weight is 617 g/mol. The van der Waals surface area contributed by atoms with Gasteiger partial charge in [-0.3, -0.25) is 0 Å². The van der Waals surface area contributed by atoms with Crippen LogP contribution in [0.5, 0.6) is 0 Å². The summed E-state index contributed by atoms with van der Waals surface area (Å²) in [5.41, 5.74) is -13.3. The fourth-order valence-electron chi connectivity index (χ4n) is 4.17. The highest BCUT2D eigenvalue weighted by molar-refractivity contribution is 6.11. The molecule has 0 unspecified atom stereocenters. The van der Waals surface area contributed by atoms with Crippen LogP contribution in [-0.4, -0.2) is 15.0 Å². The van der Waals surface area contributed by atoms with Crippen LogP contribution in [0.4, 0.5) is 46.8 Å². The lowest BCUT2D eigenvalue weighted by Crippen LogP contribution is -2.04. The van der Waals surface area contributed by atoms with Crippen molar-refractivity contribution in [3.63, 3.8) is 0 Å². The summed E-state index contributed by atoms with van der Waals surface area (Å²) in [5, 5.41) is 29.1. The lowest BCUT2D eigenvalue weighted by Gasteiger charge is -2.07. The first-order valence-electron chi connectivity index (χ1n) is 11.4. The van der Waals surface area contributed by atoms with Gasteiger partial charge in [0, 0.05) is 0 Å². The maximum atomic E-state index is 15.3. The van der Waals surface area contributed by atoms with Gasteiger partial charge < -0.3 is 9.69 Å². The van der Waals surface area contributed by atoms with Gasteiger partial charge >= 0.3 is 23.5 Å². The quantitative estimate of drug-likeness (QED) is 0.137. The molecule has 9 nitrogen and oxygen atoms in total. The second-order valence-electron chi connectivity index (χ2n) is 8.40. The van der Waals surface area contributed by atoms with Gasteiger partial charge in [0.15, 0.2) is 23.1 Å². The number of hydrogen-bond donors (Lipinski definition) is 0. The second-order valence-corrected chi connectivity index (χ2v) is 8.40. The molecule has 4 rings (SSSR count). The molecule has 1 saturated carbocycles. The highest BCUT2D eigenvalue weighted by atomic mass is 19.2. The zero-order valence-corrected chi connectivity index (χ0v) is 21.5. The second kappa shape index (κ2) is 11.4. The van der Waals surface area contributed by atoms with E-state index in [1.807, 2.05) is 0 Å². The Labute approximate surface area is 245 Å². The maximum Gasteiger partial charge on any atom is 0.339 e. The molecule has 3 aromatic heterocycles. The van der Waals surface area contributed by atoms with Crippen molar-refractivity contribution in [1.29, 1.82) is 15.8 Å². The van der Waals surface area contributed by atoms with Crippen molar-refractivity contribution < 1.29 is 35.1 Å². The molecule has 17 heteroatoms. The minimum Gasteiger partial charge on any atom is -0.358 e. The summed E-state index contributed by atoms with van der Waals surface area (Å²) in [7, 11) is 0. The molecule has 0 aliphatic heterocycles. The van der Waals surface area contributed by atoms with E-state index in [-0.39, 0.29) is 0 Å². The van der Waals surface area contributed by atoms with Crippen LogP contribution >= 0.6 is 0 Å². The van der Waals surface area contributed by atoms with E-state index in [1.165, 1.54) is 18.2 Å². The van der Waals surface area contributed by atoms with Gasteiger partial charge in [0.25, 0.3) is 0 Å². The lowest BCUT2D eigenvalue weighted by atomic mass is 10.0. The average Bonchev–Trinajstić information content (AvgIpc) is 3.74. The summed E-state index contributed by atoms with van der Waals surface area (Å²) < 4.78 is 119. The van der Waals surface area contributed by atoms with Gasteiger partial charge in [0.1, 0.15) is 24.0 Å². The van der Waals surface area contributed by atoms with E-state index in [4.69, 9.17) is 19.7 Å². The summed E-state index contributed by atoms with van der Waals surface area (Å²) in [5.74, 6) is -18.7. The highest BCUT2D eigenvalue weighted by Crippen LogP contribution is 2.57. The number of nitriles is 3. The maximum absolute atomic E-state index is 15.3. The number of nitrogens with zero attached hydrogens (tertiary/aromatic N) is 9. The third-order valence-electron chi connectivity index (χ3n) is 6.10. The first-order valence-corrected chi connectivity index (χ1v) is 11.4. The largest absolute Gasteiger partial charge is 0.358 e. The van der Waals surface area contributed by atoms with Crippen LogP contribution < -0.4 is 0 Å². The molecule has 0 N–H and O–H groups in total. The van der Waals surface area contributed by atoms with Gasteiger partial charge in [-0.15, -0.1) is 0 Å². The monoisotopic (exact) mass is 617 g/mol. The fraction of sp³-hybridized carbons (Fsp3) is 0.0357. The van der Waals surface area contributed by atoms with Crippen molar-refractivity contribution >= 4 is 28.5 Å². The minimum absolute atomic E-state index is 0.663. The molecule has 0 spiro atoms. The zero-order valence-electron chi connectivity index (χ0n) is 21.5. The molecular weight excluding hydrogens is 614 g/mol. The Balaban J connectivity index is 2.36. The van der Waals surface area contributed by atoms with E-state index in [9.17, 15) is 33.3 Å². The number of halogens is 8. The Kier molecular flexibility index (Phi) is 7.84. The van der Waals surface area contributed by atoms with E-state index in [2.05, 4.69) is 29.5 Å². The van der Waals surface area contributed by atoms with E-state index < -0.39 is 120 Å². The van der Waals surface area contributed by atoms with Crippen molar-refractivity contribution in [2.75, 3.05) is 0 Å². The Morgan fingerprint density at radius 3 is 1.47 bits per heavy atom. The van der Waals surface area contributed by atoms with Crippen LogP contribution in [0.1, 0.15) is 28.1 Å². The first-order chi connectivity index (χ1) is 21.3. The molecule has 0 radical (unpaired) electrons. The summed E-state index contributed by atoms with van der Waals surface area (Å²) in [4.78, 5) is 16.8. The molecule has 3 heterocycles. The molecule has 45 heavy (non-hydrogen) atoms. The van der Waals surface area contributed by atoms with Crippen molar-refractivity contribution in [2.45, 2.75) is 6.92 Å². The molecule has 0 bridgehead atoms. The number of rotatable bonds is 3. The number of aromatic nitrogens is 3. The van der Waals surface area contributed by atoms with Crippen LogP contribution in [0.25, 0.3) is 31.4 Å². The third-order valence-corrected chi connectivity index (χ3v) is 6.10. The van der Waals surface area contributed by atoms with E-state index in [0.29, 0.717) is 0 Å². The molecule has 0 saturated heterocycles. The Morgan fingerprint density at radius 2 is 1.04 bits per heavy atom. The molecular formula is C28H3F8N9. The number of pyridine rings is 3. The SMILES string of the molecule is [C-]#[N+]C(=C1C(=C(C#N)c2c(F)c(C)nc(C#N)c2F)C1=C(C#N)c1c(F)c(F)nc([N+]#[C-])c1F)c1c(F)c(F)nc([N+]#[C-])c1F. The van der Waals surface area contributed by atoms with Gasteiger partial charge in [-0.1, -0.05) is 23.1 Å². The van der Waals surface area contributed by atoms with Crippen molar-refractivity contribution in [2.24, 2.45) is 0 Å². The van der Waals surface area contributed by atoms with Crippen molar-refractivity contribution in [3.8, 4) is 18.2 Å². The van der Waals surface area contributed by atoms with Crippen LogP contribution in [0.3, 0.4) is 0 Å². The topological polar surface area (TPSA) is 123 Å². The number of aryl methyl sites for hydroxylation is 1. The van der Waals surface area contributed by atoms with Crippen LogP contribution in [0, 0.1) is 107 Å². The number of allylic oxidation sites excluding steroid dienone is 5. The van der Waals surface area contributed by atoms with Crippen LogP contribution in [-0.2, 0) is 0 Å². The molecule has 216 valence electrons. The van der Waals surface area contributed by atoms with E-state index >= 15 is 17.6 Å². The number of hydrogen-bond acceptors (Lipinski definition) is 6. The predicted molar refractivity (Wildman–Crippen MR) is 133 cm³/mol. The minimum atomic E-state index is -2.19. The zero-order chi connectivity index (χ0) is 33.5. The fourth-order valence-corrected chi connectivity index (χ4v) is 4.17. The normalized spacial score (nSPS) is 15.0. The first kappa shape index (κ1) is 31.0. The molecule has 1 aliphatic carbocycles. The summed E-state index contributed by atoms with van der Waals surface area (Å²) >= 11 is 0. The molecule has 0 aromatic carbocycles. The van der Waals surface area contributed by atoms with Gasteiger partial charge in [-0.2, -0.15) is 29.0 Å². The summed E-state index contributed by atoms with van der Waals surface area (Å²) in [6, 6.07) is 3.85. The van der Waals surface area contributed by atoms with Gasteiger partial charge in [0.2, 0.25) is 17.3 Å². The Bertz CT molecular complexity index is 2010. The highest BCUT2D eigenvalue weighted by Gasteiger charge is 2.45. The molecule has 3 aromatic rings. The van der Waals surface area contributed by atoms with E-state index in [1.54, 1.807) is 0 Å². The molecule has 0 atom stereocenters. The van der Waals surface area contributed by atoms with Gasteiger partial charge in [-0.05, 0) is 23.6 Å². The van der Waals surface area contributed by atoms with Crippen LogP contribution in [0.2, 0.25) is 0 Å².